The number of ether oxygens (including phenoxy) is 1. The van der Waals surface area contributed by atoms with Crippen LogP contribution in [-0.4, -0.2) is 56.2 Å². The summed E-state index contributed by atoms with van der Waals surface area (Å²) in [6.45, 7) is 6.58. The maximum atomic E-state index is 12.6. The molecule has 152 valence electrons. The quantitative estimate of drug-likeness (QED) is 0.665. The molecule has 2 unspecified atom stereocenters. The first-order chi connectivity index (χ1) is 13.6. The summed E-state index contributed by atoms with van der Waals surface area (Å²) < 4.78 is 5.39. The van der Waals surface area contributed by atoms with E-state index in [-0.39, 0.29) is 11.9 Å². The first-order valence-electron chi connectivity index (χ1n) is 10.1. The van der Waals surface area contributed by atoms with Crippen molar-refractivity contribution in [2.45, 2.75) is 38.4 Å². The maximum absolute atomic E-state index is 12.6. The molecule has 4 N–H and O–H groups in total. The molecule has 1 aliphatic heterocycles. The van der Waals surface area contributed by atoms with Gasteiger partial charge in [0.05, 0.1) is 12.7 Å². The van der Waals surface area contributed by atoms with Crippen LogP contribution >= 0.6 is 0 Å². The van der Waals surface area contributed by atoms with Gasteiger partial charge in [0, 0.05) is 51.2 Å². The molecule has 2 atom stereocenters. The predicted molar refractivity (Wildman–Crippen MR) is 112 cm³/mol. The van der Waals surface area contributed by atoms with Gasteiger partial charge in [-0.2, -0.15) is 0 Å². The average molecular weight is 385 g/mol. The lowest BCUT2D eigenvalue weighted by Crippen LogP contribution is -2.51. The molecule has 0 saturated carbocycles. The van der Waals surface area contributed by atoms with Gasteiger partial charge >= 0.3 is 0 Å². The fourth-order valence-corrected chi connectivity index (χ4v) is 3.80. The molecule has 28 heavy (non-hydrogen) atoms. The van der Waals surface area contributed by atoms with Crippen LogP contribution in [0.1, 0.15) is 25.3 Å². The van der Waals surface area contributed by atoms with Crippen molar-refractivity contribution in [3.05, 3.63) is 58.9 Å². The summed E-state index contributed by atoms with van der Waals surface area (Å²) in [6.07, 6.45) is 3.32. The number of amides is 1. The van der Waals surface area contributed by atoms with E-state index < -0.39 is 0 Å². The monoisotopic (exact) mass is 384 g/mol. The van der Waals surface area contributed by atoms with E-state index in [1.807, 2.05) is 19.1 Å². The Labute approximate surface area is 167 Å². The molecule has 0 bridgehead atoms. The number of nitrogens with zero attached hydrogens (tertiary/aromatic N) is 1. The van der Waals surface area contributed by atoms with Crippen LogP contribution in [0.3, 0.4) is 0 Å². The Balaban J connectivity index is 1.47. The van der Waals surface area contributed by atoms with E-state index in [1.54, 1.807) is 7.11 Å². The normalized spacial score (nSPS) is 23.3. The summed E-state index contributed by atoms with van der Waals surface area (Å²) in [6, 6.07) is 10.9. The average Bonchev–Trinajstić information content (AvgIpc) is 2.70. The first kappa shape index (κ1) is 20.6. The summed E-state index contributed by atoms with van der Waals surface area (Å²) in [5.41, 5.74) is 9.00. The Morgan fingerprint density at radius 3 is 2.89 bits per heavy atom. The number of rotatable bonds is 7. The molecule has 1 saturated heterocycles. The molecule has 0 radical (unpaired) electrons. The molecule has 0 spiro atoms. The number of hydrogen-bond donors (Lipinski definition) is 3. The Kier molecular flexibility index (Phi) is 7.25. The van der Waals surface area contributed by atoms with Crippen molar-refractivity contribution in [2.24, 2.45) is 5.73 Å². The van der Waals surface area contributed by atoms with E-state index in [2.05, 4.69) is 39.8 Å². The third-order valence-corrected chi connectivity index (χ3v) is 5.52. The summed E-state index contributed by atoms with van der Waals surface area (Å²) in [5, 5.41) is 6.61. The number of hydrogen-bond acceptors (Lipinski definition) is 5. The van der Waals surface area contributed by atoms with Gasteiger partial charge < -0.3 is 21.1 Å². The zero-order chi connectivity index (χ0) is 19.9. The SMILES string of the molecule is COC1=C(C(=O)NCCC2CN(Cc3ccccc3)CCN2)C=C(C)C(N)C1. The van der Waals surface area contributed by atoms with Crippen LogP contribution in [0.4, 0.5) is 0 Å². The maximum Gasteiger partial charge on any atom is 0.254 e. The molecule has 1 aromatic carbocycles. The fraction of sp³-hybridized carbons (Fsp3) is 0.500. The van der Waals surface area contributed by atoms with Gasteiger partial charge in [-0.1, -0.05) is 35.9 Å². The highest BCUT2D eigenvalue weighted by atomic mass is 16.5. The number of nitrogens with one attached hydrogen (secondary N) is 2. The van der Waals surface area contributed by atoms with Crippen molar-refractivity contribution in [1.82, 2.24) is 15.5 Å². The lowest BCUT2D eigenvalue weighted by Gasteiger charge is -2.34. The number of methoxy groups -OCH3 is 1. The van der Waals surface area contributed by atoms with Crippen molar-refractivity contribution >= 4 is 5.91 Å². The minimum atomic E-state index is -0.0833. The Morgan fingerprint density at radius 2 is 2.14 bits per heavy atom. The highest BCUT2D eigenvalue weighted by molar-refractivity contribution is 5.97. The van der Waals surface area contributed by atoms with Gasteiger partial charge in [0.1, 0.15) is 5.76 Å². The molecule has 3 rings (SSSR count). The van der Waals surface area contributed by atoms with Gasteiger partial charge in [-0.05, 0) is 25.0 Å². The van der Waals surface area contributed by atoms with Gasteiger partial charge in [-0.15, -0.1) is 0 Å². The van der Waals surface area contributed by atoms with Crippen molar-refractivity contribution in [2.75, 3.05) is 33.3 Å². The molecule has 1 heterocycles. The van der Waals surface area contributed by atoms with Gasteiger partial charge in [0.2, 0.25) is 0 Å². The van der Waals surface area contributed by atoms with Gasteiger partial charge in [-0.25, -0.2) is 0 Å². The predicted octanol–water partition coefficient (Wildman–Crippen LogP) is 1.54. The Morgan fingerprint density at radius 1 is 1.36 bits per heavy atom. The van der Waals surface area contributed by atoms with Crippen molar-refractivity contribution in [3.8, 4) is 0 Å². The van der Waals surface area contributed by atoms with Crippen LogP contribution in [-0.2, 0) is 16.1 Å². The molecule has 6 heteroatoms. The standard InChI is InChI=1S/C22H32N4O2/c1-16-12-19(21(28-2)13-20(16)23)22(27)25-9-8-18-15-26(11-10-24-18)14-17-6-4-3-5-7-17/h3-7,12,18,20,24H,8-11,13-15,23H2,1-2H3,(H,25,27). The third-order valence-electron chi connectivity index (χ3n) is 5.52. The molecule has 0 aromatic heterocycles. The summed E-state index contributed by atoms with van der Waals surface area (Å²) >= 11 is 0. The zero-order valence-electron chi connectivity index (χ0n) is 16.9. The van der Waals surface area contributed by atoms with E-state index in [0.29, 0.717) is 30.3 Å². The number of carbonyl (C=O) groups excluding carboxylic acids is 1. The summed E-state index contributed by atoms with van der Waals surface area (Å²) in [5.74, 6) is 0.584. The van der Waals surface area contributed by atoms with Gasteiger partial charge in [-0.3, -0.25) is 9.69 Å². The van der Waals surface area contributed by atoms with E-state index in [0.717, 1.165) is 38.2 Å². The summed E-state index contributed by atoms with van der Waals surface area (Å²) in [4.78, 5) is 15.1. The first-order valence-corrected chi connectivity index (χ1v) is 10.1. The van der Waals surface area contributed by atoms with Gasteiger partial charge in [0.15, 0.2) is 0 Å². The Bertz CT molecular complexity index is 729. The van der Waals surface area contributed by atoms with Crippen LogP contribution in [0, 0.1) is 0 Å². The van der Waals surface area contributed by atoms with Gasteiger partial charge in [0.25, 0.3) is 5.91 Å². The molecule has 1 fully saturated rings. The second-order valence-electron chi connectivity index (χ2n) is 7.66. The van der Waals surface area contributed by atoms with E-state index in [9.17, 15) is 4.79 Å². The minimum absolute atomic E-state index is 0.0754. The van der Waals surface area contributed by atoms with Crippen LogP contribution in [0.25, 0.3) is 0 Å². The summed E-state index contributed by atoms with van der Waals surface area (Å²) in [7, 11) is 1.59. The number of nitrogens with two attached hydrogens (primary N) is 1. The van der Waals surface area contributed by atoms with Crippen molar-refractivity contribution in [3.63, 3.8) is 0 Å². The van der Waals surface area contributed by atoms with Crippen molar-refractivity contribution in [1.29, 1.82) is 0 Å². The Hall–Kier alpha value is -2.15. The second kappa shape index (κ2) is 9.87. The topological polar surface area (TPSA) is 79.6 Å². The number of benzene rings is 1. The molecule has 6 nitrogen and oxygen atoms in total. The van der Waals surface area contributed by atoms with E-state index in [1.165, 1.54) is 5.56 Å². The molecule has 1 aromatic rings. The lowest BCUT2D eigenvalue weighted by molar-refractivity contribution is -0.117. The largest absolute Gasteiger partial charge is 0.500 e. The molecule has 2 aliphatic rings. The third kappa shape index (κ3) is 5.44. The minimum Gasteiger partial charge on any atom is -0.500 e. The van der Waals surface area contributed by atoms with Crippen LogP contribution < -0.4 is 16.4 Å². The fourth-order valence-electron chi connectivity index (χ4n) is 3.80. The highest BCUT2D eigenvalue weighted by Gasteiger charge is 2.24. The highest BCUT2D eigenvalue weighted by Crippen LogP contribution is 2.23. The van der Waals surface area contributed by atoms with Crippen LogP contribution in [0.2, 0.25) is 0 Å². The smallest absolute Gasteiger partial charge is 0.254 e. The van der Waals surface area contributed by atoms with Crippen molar-refractivity contribution < 1.29 is 9.53 Å². The molecule has 1 amide bonds. The zero-order valence-corrected chi connectivity index (χ0v) is 16.9. The second-order valence-corrected chi connectivity index (χ2v) is 7.66. The van der Waals surface area contributed by atoms with Crippen LogP contribution in [0.5, 0.6) is 0 Å². The number of piperazine rings is 1. The van der Waals surface area contributed by atoms with Crippen LogP contribution in [0.15, 0.2) is 53.3 Å². The van der Waals surface area contributed by atoms with E-state index in [4.69, 9.17) is 10.5 Å². The lowest BCUT2D eigenvalue weighted by atomic mass is 9.94. The molecular formula is C22H32N4O2. The molecular weight excluding hydrogens is 352 g/mol. The van der Waals surface area contributed by atoms with E-state index >= 15 is 0 Å². The number of carbonyl (C=O) groups is 1. The molecule has 1 aliphatic carbocycles.